The first-order valence-electron chi connectivity index (χ1n) is 14.6. The molecule has 1 aliphatic heterocycles. The van der Waals surface area contributed by atoms with Crippen LogP contribution in [-0.2, 0) is 11.3 Å². The molecule has 3 aliphatic rings. The molecule has 6 nitrogen and oxygen atoms in total. The summed E-state index contributed by atoms with van der Waals surface area (Å²) < 4.78 is 18.4. The molecular weight excluding hydrogens is 479 g/mol. The van der Waals surface area contributed by atoms with Gasteiger partial charge in [-0.25, -0.2) is 4.39 Å². The van der Waals surface area contributed by atoms with Crippen molar-refractivity contribution in [3.05, 3.63) is 54.2 Å². The summed E-state index contributed by atoms with van der Waals surface area (Å²) in [6, 6.07) is 8.70. The van der Waals surface area contributed by atoms with E-state index in [1.165, 1.54) is 25.0 Å². The van der Waals surface area contributed by atoms with Crippen molar-refractivity contribution in [3.8, 4) is 5.69 Å². The molecule has 202 valence electrons. The molecule has 6 rings (SSSR count). The molecule has 2 aromatic heterocycles. The number of amides is 2. The van der Waals surface area contributed by atoms with Crippen molar-refractivity contribution >= 4 is 22.7 Å². The lowest BCUT2D eigenvalue weighted by atomic mass is 9.89. The summed E-state index contributed by atoms with van der Waals surface area (Å²) in [6.07, 6.45) is 16.8. The first kappa shape index (κ1) is 25.2. The number of nitrogens with one attached hydrogen (secondary N) is 1. The quantitative estimate of drug-likeness (QED) is 0.409. The Hall–Kier alpha value is -3.09. The smallest absolute Gasteiger partial charge is 0.273 e. The number of aromatic nitrogens is 2. The van der Waals surface area contributed by atoms with Gasteiger partial charge in [-0.1, -0.05) is 51.4 Å². The van der Waals surface area contributed by atoms with Crippen LogP contribution in [0.1, 0.15) is 94.5 Å². The van der Waals surface area contributed by atoms with E-state index < -0.39 is 5.54 Å². The number of rotatable bonds is 4. The topological polar surface area (TPSA) is 59.3 Å². The van der Waals surface area contributed by atoms with Crippen LogP contribution in [0.2, 0.25) is 0 Å². The fourth-order valence-corrected chi connectivity index (χ4v) is 7.19. The largest absolute Gasteiger partial charge is 0.351 e. The van der Waals surface area contributed by atoms with Gasteiger partial charge in [0.05, 0.1) is 17.7 Å². The van der Waals surface area contributed by atoms with Crippen LogP contribution in [0.4, 0.5) is 4.39 Å². The standard InChI is InChI=1S/C31H39FN4O2/c1-31(30(38)33-23-12-6-2-3-7-13-23)21-35-26-17-16-22(32)20-25(26)27(34-18-10-11-19-34)28(35)29(37)36(31)24-14-8-4-5-9-15-24/h10-11,16-20,23-24H,2-9,12-15,21H2,1H3,(H,33,38). The molecular formula is C31H39FN4O2. The Morgan fingerprint density at radius 1 is 0.947 bits per heavy atom. The number of fused-ring (bicyclic) bond motifs is 3. The zero-order valence-corrected chi connectivity index (χ0v) is 22.4. The van der Waals surface area contributed by atoms with Gasteiger partial charge in [0.15, 0.2) is 0 Å². The van der Waals surface area contributed by atoms with Crippen molar-refractivity contribution in [2.45, 2.75) is 108 Å². The zero-order valence-electron chi connectivity index (χ0n) is 22.4. The molecule has 0 saturated heterocycles. The molecule has 38 heavy (non-hydrogen) atoms. The van der Waals surface area contributed by atoms with Gasteiger partial charge in [-0.05, 0) is 62.9 Å². The highest BCUT2D eigenvalue weighted by Gasteiger charge is 2.51. The molecule has 0 bridgehead atoms. The van der Waals surface area contributed by atoms with Crippen molar-refractivity contribution in [1.29, 1.82) is 0 Å². The van der Waals surface area contributed by atoms with E-state index in [0.717, 1.165) is 69.7 Å². The molecule has 1 N–H and O–H groups in total. The molecule has 2 amide bonds. The molecule has 1 atom stereocenters. The van der Waals surface area contributed by atoms with E-state index in [-0.39, 0.29) is 29.7 Å². The first-order valence-corrected chi connectivity index (χ1v) is 14.6. The van der Waals surface area contributed by atoms with E-state index in [2.05, 4.69) is 5.32 Å². The van der Waals surface area contributed by atoms with Crippen molar-refractivity contribution in [1.82, 2.24) is 19.4 Å². The number of carbonyl (C=O) groups excluding carboxylic acids is 2. The Labute approximate surface area is 224 Å². The molecule has 0 radical (unpaired) electrons. The van der Waals surface area contributed by atoms with Gasteiger partial charge < -0.3 is 19.4 Å². The third kappa shape index (κ3) is 4.34. The third-order valence-corrected chi connectivity index (χ3v) is 9.15. The van der Waals surface area contributed by atoms with Gasteiger partial charge in [0, 0.05) is 29.9 Å². The van der Waals surface area contributed by atoms with E-state index in [9.17, 15) is 14.0 Å². The van der Waals surface area contributed by atoms with E-state index >= 15 is 0 Å². The second-order valence-corrected chi connectivity index (χ2v) is 11.8. The Morgan fingerprint density at radius 3 is 2.24 bits per heavy atom. The number of halogens is 1. The first-order chi connectivity index (χ1) is 18.5. The Kier molecular flexibility index (Phi) is 6.79. The molecule has 3 heterocycles. The van der Waals surface area contributed by atoms with E-state index in [1.807, 2.05) is 45.5 Å². The summed E-state index contributed by atoms with van der Waals surface area (Å²) in [5.41, 5.74) is 0.997. The molecule has 1 unspecified atom stereocenters. The second-order valence-electron chi connectivity index (χ2n) is 11.8. The van der Waals surface area contributed by atoms with E-state index in [1.54, 1.807) is 6.07 Å². The highest BCUT2D eigenvalue weighted by atomic mass is 19.1. The van der Waals surface area contributed by atoms with Gasteiger partial charge in [0.25, 0.3) is 5.91 Å². The van der Waals surface area contributed by atoms with Gasteiger partial charge >= 0.3 is 0 Å². The summed E-state index contributed by atoms with van der Waals surface area (Å²) in [4.78, 5) is 30.9. The maximum Gasteiger partial charge on any atom is 0.273 e. The predicted octanol–water partition coefficient (Wildman–Crippen LogP) is 6.35. The number of hydrogen-bond donors (Lipinski definition) is 1. The molecule has 2 saturated carbocycles. The van der Waals surface area contributed by atoms with Gasteiger partial charge in [0.1, 0.15) is 17.1 Å². The molecule has 7 heteroatoms. The fourth-order valence-electron chi connectivity index (χ4n) is 7.19. The number of benzene rings is 1. The summed E-state index contributed by atoms with van der Waals surface area (Å²) in [6.45, 7) is 2.31. The normalized spacial score (nSPS) is 23.7. The number of hydrogen-bond acceptors (Lipinski definition) is 2. The summed E-state index contributed by atoms with van der Waals surface area (Å²) in [7, 11) is 0. The van der Waals surface area contributed by atoms with Crippen LogP contribution in [0.25, 0.3) is 16.6 Å². The van der Waals surface area contributed by atoms with Crippen molar-refractivity contribution in [2.24, 2.45) is 0 Å². The minimum atomic E-state index is -1.03. The second kappa shape index (κ2) is 10.2. The minimum absolute atomic E-state index is 0.0101. The van der Waals surface area contributed by atoms with Crippen molar-refractivity contribution in [2.75, 3.05) is 0 Å². The van der Waals surface area contributed by atoms with E-state index in [4.69, 9.17) is 0 Å². The minimum Gasteiger partial charge on any atom is -0.351 e. The Morgan fingerprint density at radius 2 is 1.58 bits per heavy atom. The summed E-state index contributed by atoms with van der Waals surface area (Å²) >= 11 is 0. The SMILES string of the molecule is CC1(C(=O)NC2CCCCCC2)Cn2c(c(-n3cccc3)c3cc(F)ccc32)C(=O)N1C1CCCCCC1. The molecule has 3 aromatic rings. The third-order valence-electron chi connectivity index (χ3n) is 9.15. The number of carbonyl (C=O) groups is 2. The lowest BCUT2D eigenvalue weighted by molar-refractivity contribution is -0.135. The van der Waals surface area contributed by atoms with Crippen LogP contribution in [0, 0.1) is 5.82 Å². The van der Waals surface area contributed by atoms with Crippen LogP contribution < -0.4 is 5.32 Å². The van der Waals surface area contributed by atoms with Crippen LogP contribution in [0.5, 0.6) is 0 Å². The van der Waals surface area contributed by atoms with Crippen molar-refractivity contribution in [3.63, 3.8) is 0 Å². The molecule has 0 spiro atoms. The molecule has 1 aromatic carbocycles. The van der Waals surface area contributed by atoms with Crippen LogP contribution >= 0.6 is 0 Å². The van der Waals surface area contributed by atoms with Gasteiger partial charge in [-0.2, -0.15) is 0 Å². The zero-order chi connectivity index (χ0) is 26.3. The van der Waals surface area contributed by atoms with Crippen LogP contribution in [0.3, 0.4) is 0 Å². The van der Waals surface area contributed by atoms with Crippen molar-refractivity contribution < 1.29 is 14.0 Å². The van der Waals surface area contributed by atoms with Gasteiger partial charge in [-0.15, -0.1) is 0 Å². The molecule has 2 aliphatic carbocycles. The van der Waals surface area contributed by atoms with Crippen LogP contribution in [0.15, 0.2) is 42.7 Å². The maximum atomic E-state index is 14.7. The average molecular weight is 519 g/mol. The highest BCUT2D eigenvalue weighted by molar-refractivity contribution is 6.09. The van der Waals surface area contributed by atoms with E-state index in [0.29, 0.717) is 23.3 Å². The maximum absolute atomic E-state index is 14.7. The highest BCUT2D eigenvalue weighted by Crippen LogP contribution is 2.41. The lowest BCUT2D eigenvalue weighted by Crippen LogP contribution is -2.67. The van der Waals surface area contributed by atoms with Gasteiger partial charge in [-0.3, -0.25) is 9.59 Å². The molecule has 2 fully saturated rings. The fraction of sp³-hybridized carbons (Fsp3) is 0.548. The summed E-state index contributed by atoms with van der Waals surface area (Å²) in [5, 5.41) is 4.08. The Bertz CT molecular complexity index is 1310. The average Bonchev–Trinajstić information content (AvgIpc) is 3.31. The van der Waals surface area contributed by atoms with Crippen LogP contribution in [-0.4, -0.2) is 43.5 Å². The number of nitrogens with zero attached hydrogens (tertiary/aromatic N) is 3. The Balaban J connectivity index is 1.49. The van der Waals surface area contributed by atoms with Gasteiger partial charge in [0.2, 0.25) is 5.91 Å². The predicted molar refractivity (Wildman–Crippen MR) is 147 cm³/mol. The lowest BCUT2D eigenvalue weighted by Gasteiger charge is -2.48. The monoisotopic (exact) mass is 518 g/mol. The summed E-state index contributed by atoms with van der Waals surface area (Å²) in [5.74, 6) is -0.517.